The summed E-state index contributed by atoms with van der Waals surface area (Å²) in [4.78, 5) is 28.0. The Bertz CT molecular complexity index is 753. The molecule has 2 aromatic rings. The van der Waals surface area contributed by atoms with Gasteiger partial charge in [0.1, 0.15) is 10.8 Å². The van der Waals surface area contributed by atoms with Crippen molar-refractivity contribution >= 4 is 17.5 Å². The Labute approximate surface area is 145 Å². The Morgan fingerprint density at radius 1 is 1.42 bits per heavy atom. The fourth-order valence-corrected chi connectivity index (χ4v) is 3.68. The van der Waals surface area contributed by atoms with Crippen molar-refractivity contribution in [3.8, 4) is 0 Å². The Balaban J connectivity index is 1.67. The van der Waals surface area contributed by atoms with Gasteiger partial charge in [0.15, 0.2) is 0 Å². The van der Waals surface area contributed by atoms with Crippen LogP contribution in [0.3, 0.4) is 0 Å². The van der Waals surface area contributed by atoms with Crippen LogP contribution in [0.1, 0.15) is 48.6 Å². The van der Waals surface area contributed by atoms with Crippen LogP contribution in [-0.4, -0.2) is 51.4 Å². The van der Waals surface area contributed by atoms with Crippen LogP contribution in [0.5, 0.6) is 0 Å². The topological polar surface area (TPSA) is 78.0 Å². The normalized spacial score (nSPS) is 18.5. The van der Waals surface area contributed by atoms with Gasteiger partial charge in [-0.15, -0.1) is 0 Å². The van der Waals surface area contributed by atoms with Gasteiger partial charge in [0.05, 0.1) is 12.2 Å². The van der Waals surface area contributed by atoms with E-state index in [0.29, 0.717) is 17.8 Å². The van der Waals surface area contributed by atoms with Crippen LogP contribution in [0.15, 0.2) is 10.9 Å². The van der Waals surface area contributed by atoms with Gasteiger partial charge in [-0.1, -0.05) is 13.8 Å². The molecule has 0 spiro atoms. The fourth-order valence-electron chi connectivity index (χ4n) is 2.86. The number of hydrogen-bond acceptors (Lipinski definition) is 7. The molecule has 0 aliphatic carbocycles. The zero-order chi connectivity index (χ0) is 17.3. The molecule has 1 unspecified atom stereocenters. The van der Waals surface area contributed by atoms with Gasteiger partial charge in [-0.25, -0.2) is 9.97 Å². The molecule has 3 heterocycles. The van der Waals surface area contributed by atoms with Crippen LogP contribution in [-0.2, 0) is 6.54 Å². The molecule has 0 amide bonds. The minimum atomic E-state index is -0.0900. The smallest absolute Gasteiger partial charge is 0.252 e. The van der Waals surface area contributed by atoms with E-state index < -0.39 is 0 Å². The van der Waals surface area contributed by atoms with Crippen LogP contribution >= 0.6 is 11.5 Å². The van der Waals surface area contributed by atoms with E-state index in [1.165, 1.54) is 11.5 Å². The summed E-state index contributed by atoms with van der Waals surface area (Å²) in [5.41, 5.74) is 0.790. The van der Waals surface area contributed by atoms with E-state index in [0.717, 1.165) is 42.6 Å². The van der Waals surface area contributed by atoms with Crippen LogP contribution in [0.25, 0.3) is 0 Å². The van der Waals surface area contributed by atoms with Crippen molar-refractivity contribution in [1.29, 1.82) is 0 Å². The number of anilines is 1. The third-order valence-corrected chi connectivity index (χ3v) is 4.93. The van der Waals surface area contributed by atoms with Gasteiger partial charge in [-0.3, -0.25) is 14.7 Å². The molecule has 7 nitrogen and oxygen atoms in total. The zero-order valence-electron chi connectivity index (χ0n) is 14.6. The average Bonchev–Trinajstić information content (AvgIpc) is 3.16. The molecule has 0 bridgehead atoms. The van der Waals surface area contributed by atoms with E-state index in [1.54, 1.807) is 6.07 Å². The van der Waals surface area contributed by atoms with Crippen molar-refractivity contribution in [2.45, 2.75) is 38.6 Å². The zero-order valence-corrected chi connectivity index (χ0v) is 15.4. The summed E-state index contributed by atoms with van der Waals surface area (Å²) in [5, 5.41) is 1.06. The van der Waals surface area contributed by atoms with Gasteiger partial charge in [0, 0.05) is 38.5 Å². The number of H-pyrrole nitrogens is 1. The SMILES string of the molecule is CC(C)c1nsc(CN2CCC(c3cc(=O)[nH]c(N(C)C)n3)C2)n1. The minimum absolute atomic E-state index is 0.0900. The lowest BCUT2D eigenvalue weighted by Gasteiger charge is -2.16. The quantitative estimate of drug-likeness (QED) is 0.888. The second-order valence-electron chi connectivity index (χ2n) is 6.81. The minimum Gasteiger partial charge on any atom is -0.348 e. The molecule has 1 N–H and O–H groups in total. The summed E-state index contributed by atoms with van der Waals surface area (Å²) in [7, 11) is 3.76. The monoisotopic (exact) mass is 348 g/mol. The predicted molar refractivity (Wildman–Crippen MR) is 95.8 cm³/mol. The van der Waals surface area contributed by atoms with Crippen LogP contribution in [0.4, 0.5) is 5.95 Å². The van der Waals surface area contributed by atoms with Crippen molar-refractivity contribution in [3.63, 3.8) is 0 Å². The van der Waals surface area contributed by atoms with Gasteiger partial charge >= 0.3 is 0 Å². The highest BCUT2D eigenvalue weighted by Gasteiger charge is 2.26. The molecule has 1 aliphatic heterocycles. The molecule has 8 heteroatoms. The third-order valence-electron chi connectivity index (χ3n) is 4.22. The maximum atomic E-state index is 11.9. The second kappa shape index (κ2) is 6.98. The van der Waals surface area contributed by atoms with E-state index in [1.807, 2.05) is 19.0 Å². The van der Waals surface area contributed by atoms with Gasteiger partial charge in [-0.2, -0.15) is 4.37 Å². The number of aromatic amines is 1. The highest BCUT2D eigenvalue weighted by Crippen LogP contribution is 2.27. The summed E-state index contributed by atoms with van der Waals surface area (Å²) >= 11 is 1.49. The molecular weight excluding hydrogens is 324 g/mol. The van der Waals surface area contributed by atoms with Crippen LogP contribution < -0.4 is 10.5 Å². The number of rotatable bonds is 5. The number of aromatic nitrogens is 4. The lowest BCUT2D eigenvalue weighted by atomic mass is 10.1. The molecule has 3 rings (SSSR count). The maximum absolute atomic E-state index is 11.9. The molecule has 1 saturated heterocycles. The van der Waals surface area contributed by atoms with E-state index in [-0.39, 0.29) is 5.56 Å². The van der Waals surface area contributed by atoms with Gasteiger partial charge in [-0.05, 0) is 24.5 Å². The lowest BCUT2D eigenvalue weighted by Crippen LogP contribution is -2.22. The summed E-state index contributed by atoms with van der Waals surface area (Å²) in [5.74, 6) is 2.20. The van der Waals surface area contributed by atoms with Crippen LogP contribution in [0.2, 0.25) is 0 Å². The molecule has 0 aromatic carbocycles. The molecule has 1 aliphatic rings. The second-order valence-corrected chi connectivity index (χ2v) is 7.65. The predicted octanol–water partition coefficient (Wildman–Crippen LogP) is 1.80. The highest BCUT2D eigenvalue weighted by molar-refractivity contribution is 7.05. The van der Waals surface area contributed by atoms with Gasteiger partial charge in [0.2, 0.25) is 5.95 Å². The molecule has 24 heavy (non-hydrogen) atoms. The van der Waals surface area contributed by atoms with E-state index in [4.69, 9.17) is 0 Å². The molecule has 2 aromatic heterocycles. The van der Waals surface area contributed by atoms with Crippen molar-refractivity contribution in [3.05, 3.63) is 32.9 Å². The van der Waals surface area contributed by atoms with E-state index in [9.17, 15) is 4.79 Å². The van der Waals surface area contributed by atoms with Gasteiger partial charge < -0.3 is 4.90 Å². The molecule has 0 radical (unpaired) electrons. The Kier molecular flexibility index (Phi) is 4.96. The first kappa shape index (κ1) is 17.0. The average molecular weight is 348 g/mol. The summed E-state index contributed by atoms with van der Waals surface area (Å²) in [6.07, 6.45) is 1.01. The van der Waals surface area contributed by atoms with Crippen molar-refractivity contribution in [1.82, 2.24) is 24.2 Å². The van der Waals surface area contributed by atoms with Crippen molar-refractivity contribution in [2.24, 2.45) is 0 Å². The van der Waals surface area contributed by atoms with E-state index in [2.05, 4.69) is 38.1 Å². The van der Waals surface area contributed by atoms with Gasteiger partial charge in [0.25, 0.3) is 5.56 Å². The highest BCUT2D eigenvalue weighted by atomic mass is 32.1. The van der Waals surface area contributed by atoms with Crippen molar-refractivity contribution in [2.75, 3.05) is 32.1 Å². The first-order valence-corrected chi connectivity index (χ1v) is 9.03. The number of hydrogen-bond donors (Lipinski definition) is 1. The molecule has 130 valence electrons. The molecule has 0 saturated carbocycles. The molecule has 1 fully saturated rings. The van der Waals surface area contributed by atoms with Crippen molar-refractivity contribution < 1.29 is 0 Å². The molecule has 1 atom stereocenters. The Morgan fingerprint density at radius 2 is 2.21 bits per heavy atom. The van der Waals surface area contributed by atoms with E-state index >= 15 is 0 Å². The number of nitrogens with zero attached hydrogens (tertiary/aromatic N) is 5. The Hall–Kier alpha value is -1.80. The summed E-state index contributed by atoms with van der Waals surface area (Å²) in [6, 6.07) is 1.63. The fraction of sp³-hybridized carbons (Fsp3) is 0.625. The van der Waals surface area contributed by atoms with Crippen LogP contribution in [0, 0.1) is 0 Å². The summed E-state index contributed by atoms with van der Waals surface area (Å²) < 4.78 is 4.42. The largest absolute Gasteiger partial charge is 0.348 e. The maximum Gasteiger partial charge on any atom is 0.252 e. The summed E-state index contributed by atoms with van der Waals surface area (Å²) in [6.45, 7) is 6.94. The number of likely N-dealkylation sites (tertiary alicyclic amines) is 1. The Morgan fingerprint density at radius 3 is 2.88 bits per heavy atom. The number of nitrogens with one attached hydrogen (secondary N) is 1. The standard InChI is InChI=1S/C16H24N6OS/c1-10(2)15-19-14(24-20-15)9-22-6-5-11(8-22)12-7-13(23)18-16(17-12)21(3)4/h7,10-11H,5-6,8-9H2,1-4H3,(H,17,18,23). The first-order valence-electron chi connectivity index (χ1n) is 8.26. The first-order chi connectivity index (χ1) is 11.4. The third kappa shape index (κ3) is 3.81. The lowest BCUT2D eigenvalue weighted by molar-refractivity contribution is 0.325. The molecular formula is C16H24N6OS.